The van der Waals surface area contributed by atoms with Gasteiger partial charge < -0.3 is 10.6 Å². The molecule has 2 N–H and O–H groups in total. The van der Waals surface area contributed by atoms with Crippen molar-refractivity contribution in [3.05, 3.63) is 87.0 Å². The summed E-state index contributed by atoms with van der Waals surface area (Å²) in [5, 5.41) is 7.06. The molecule has 7 heteroatoms. The minimum atomic E-state index is -0.292. The van der Waals surface area contributed by atoms with Crippen LogP contribution < -0.4 is 10.6 Å². The predicted molar refractivity (Wildman–Crippen MR) is 125 cm³/mol. The van der Waals surface area contributed by atoms with Crippen molar-refractivity contribution < 1.29 is 9.59 Å². The molecule has 31 heavy (non-hydrogen) atoms. The van der Waals surface area contributed by atoms with Crippen LogP contribution in [0.15, 0.2) is 54.9 Å². The number of hydrogen-bond donors (Lipinski definition) is 2. The first-order chi connectivity index (χ1) is 15.1. The van der Waals surface area contributed by atoms with Gasteiger partial charge in [-0.1, -0.05) is 35.9 Å². The second-order valence-electron chi connectivity index (χ2n) is 7.30. The molecule has 0 bridgehead atoms. The molecule has 0 unspecified atom stereocenters. The van der Waals surface area contributed by atoms with Gasteiger partial charge in [-0.05, 0) is 60.6 Å². The zero-order chi connectivity index (χ0) is 21.6. The van der Waals surface area contributed by atoms with E-state index in [1.807, 2.05) is 30.3 Å². The van der Waals surface area contributed by atoms with Gasteiger partial charge in [0.1, 0.15) is 5.00 Å². The maximum Gasteiger partial charge on any atom is 0.254 e. The van der Waals surface area contributed by atoms with Crippen molar-refractivity contribution in [1.29, 1.82) is 0 Å². The molecule has 0 saturated carbocycles. The minimum Gasteiger partial charge on any atom is -0.348 e. The van der Waals surface area contributed by atoms with Crippen LogP contribution in [0.5, 0.6) is 0 Å². The van der Waals surface area contributed by atoms with E-state index >= 15 is 0 Å². The maximum atomic E-state index is 13.1. The summed E-state index contributed by atoms with van der Waals surface area (Å²) in [5.41, 5.74) is 3.33. The molecule has 1 aliphatic carbocycles. The van der Waals surface area contributed by atoms with Crippen LogP contribution in [0.1, 0.15) is 44.8 Å². The van der Waals surface area contributed by atoms with Crippen molar-refractivity contribution in [2.45, 2.75) is 32.2 Å². The summed E-state index contributed by atoms with van der Waals surface area (Å²) in [6, 6.07) is 11.1. The van der Waals surface area contributed by atoms with E-state index in [0.717, 1.165) is 42.4 Å². The van der Waals surface area contributed by atoms with Gasteiger partial charge in [-0.2, -0.15) is 0 Å². The lowest BCUT2D eigenvalue weighted by Gasteiger charge is -2.13. The molecular weight excluding hydrogens is 430 g/mol. The number of carbonyl (C=O) groups excluding carboxylic acids is 2. The summed E-state index contributed by atoms with van der Waals surface area (Å²) in [6.07, 6.45) is 10.5. The van der Waals surface area contributed by atoms with E-state index in [1.165, 1.54) is 22.3 Å². The molecule has 1 aromatic carbocycles. The fourth-order valence-electron chi connectivity index (χ4n) is 3.60. The highest BCUT2D eigenvalue weighted by Gasteiger charge is 2.26. The Labute approximate surface area is 190 Å². The van der Waals surface area contributed by atoms with E-state index in [0.29, 0.717) is 22.1 Å². The number of fused-ring (bicyclic) bond motifs is 1. The molecule has 0 saturated heterocycles. The summed E-state index contributed by atoms with van der Waals surface area (Å²) in [5.74, 6) is -0.464. The zero-order valence-electron chi connectivity index (χ0n) is 16.9. The number of anilines is 1. The Morgan fingerprint density at radius 2 is 1.97 bits per heavy atom. The third-order valence-electron chi connectivity index (χ3n) is 5.13. The Hall–Kier alpha value is -2.96. The van der Waals surface area contributed by atoms with Crippen molar-refractivity contribution in [3.63, 3.8) is 0 Å². The molecule has 0 atom stereocenters. The number of carbonyl (C=O) groups is 2. The number of benzene rings is 1. The average Bonchev–Trinajstić information content (AvgIpc) is 3.15. The van der Waals surface area contributed by atoms with Gasteiger partial charge in [0.2, 0.25) is 5.91 Å². The molecule has 0 spiro atoms. The predicted octanol–water partition coefficient (Wildman–Crippen LogP) is 5.26. The second kappa shape index (κ2) is 9.90. The third-order valence-corrected chi connectivity index (χ3v) is 6.68. The molecule has 3 aromatic rings. The van der Waals surface area contributed by atoms with Crippen LogP contribution in [-0.4, -0.2) is 16.8 Å². The lowest BCUT2D eigenvalue weighted by molar-refractivity contribution is -0.111. The summed E-state index contributed by atoms with van der Waals surface area (Å²) in [4.78, 5) is 30.9. The van der Waals surface area contributed by atoms with Crippen LogP contribution in [0.3, 0.4) is 0 Å². The number of pyridine rings is 1. The van der Waals surface area contributed by atoms with E-state index in [1.54, 1.807) is 24.5 Å². The van der Waals surface area contributed by atoms with Gasteiger partial charge in [0.25, 0.3) is 5.91 Å². The zero-order valence-corrected chi connectivity index (χ0v) is 18.4. The number of nitrogens with zero attached hydrogens (tertiary/aromatic N) is 1. The average molecular weight is 452 g/mol. The summed E-state index contributed by atoms with van der Waals surface area (Å²) >= 11 is 7.65. The van der Waals surface area contributed by atoms with Crippen LogP contribution in [0.2, 0.25) is 5.02 Å². The van der Waals surface area contributed by atoms with E-state index in [9.17, 15) is 9.59 Å². The topological polar surface area (TPSA) is 71.1 Å². The molecule has 2 heterocycles. The van der Waals surface area contributed by atoms with Gasteiger partial charge >= 0.3 is 0 Å². The lowest BCUT2D eigenvalue weighted by atomic mass is 9.95. The molecule has 0 fully saturated rings. The van der Waals surface area contributed by atoms with Gasteiger partial charge in [0.05, 0.1) is 5.56 Å². The van der Waals surface area contributed by atoms with Gasteiger partial charge in [-0.15, -0.1) is 11.3 Å². The Kier molecular flexibility index (Phi) is 6.79. The second-order valence-corrected chi connectivity index (χ2v) is 8.82. The van der Waals surface area contributed by atoms with Crippen molar-refractivity contribution in [2.75, 3.05) is 5.32 Å². The van der Waals surface area contributed by atoms with Gasteiger partial charge in [-0.3, -0.25) is 14.6 Å². The Morgan fingerprint density at radius 1 is 1.13 bits per heavy atom. The van der Waals surface area contributed by atoms with Crippen molar-refractivity contribution in [2.24, 2.45) is 0 Å². The lowest BCUT2D eigenvalue weighted by Crippen LogP contribution is -2.25. The van der Waals surface area contributed by atoms with Crippen LogP contribution in [0.4, 0.5) is 5.00 Å². The van der Waals surface area contributed by atoms with E-state index in [2.05, 4.69) is 15.6 Å². The largest absolute Gasteiger partial charge is 0.348 e. The van der Waals surface area contributed by atoms with E-state index < -0.39 is 0 Å². The number of hydrogen-bond acceptors (Lipinski definition) is 4. The number of aryl methyl sites for hydroxylation is 1. The van der Waals surface area contributed by atoms with Crippen LogP contribution >= 0.6 is 22.9 Å². The van der Waals surface area contributed by atoms with Gasteiger partial charge in [0, 0.05) is 34.9 Å². The Bertz CT molecular complexity index is 1130. The van der Waals surface area contributed by atoms with Crippen LogP contribution in [0.25, 0.3) is 6.08 Å². The first-order valence-electron chi connectivity index (χ1n) is 10.2. The smallest absolute Gasteiger partial charge is 0.254 e. The highest BCUT2D eigenvalue weighted by Crippen LogP contribution is 2.38. The maximum absolute atomic E-state index is 13.1. The van der Waals surface area contributed by atoms with Crippen LogP contribution in [-0.2, 0) is 24.2 Å². The van der Waals surface area contributed by atoms with E-state index in [-0.39, 0.29) is 11.8 Å². The number of halogens is 1. The molecule has 1 aliphatic rings. The van der Waals surface area contributed by atoms with Crippen molar-refractivity contribution in [3.8, 4) is 0 Å². The molecule has 5 nitrogen and oxygen atoms in total. The fraction of sp³-hybridized carbons (Fsp3) is 0.208. The number of nitrogens with one attached hydrogen (secondary N) is 2. The molecule has 158 valence electrons. The first-order valence-corrected chi connectivity index (χ1v) is 11.4. The Morgan fingerprint density at radius 3 is 2.77 bits per heavy atom. The number of aromatic nitrogens is 1. The fourth-order valence-corrected chi connectivity index (χ4v) is 5.09. The van der Waals surface area contributed by atoms with Crippen LogP contribution in [0, 0.1) is 0 Å². The molecule has 0 aliphatic heterocycles. The molecular formula is C24H22ClN3O2S. The van der Waals surface area contributed by atoms with Crippen molar-refractivity contribution in [1.82, 2.24) is 10.3 Å². The summed E-state index contributed by atoms with van der Waals surface area (Å²) in [7, 11) is 0. The minimum absolute atomic E-state index is 0.173. The van der Waals surface area contributed by atoms with Crippen molar-refractivity contribution >= 4 is 45.8 Å². The molecule has 0 radical (unpaired) electrons. The summed E-state index contributed by atoms with van der Waals surface area (Å²) in [6.45, 7) is 0.386. The van der Waals surface area contributed by atoms with Gasteiger partial charge in [-0.25, -0.2) is 0 Å². The quantitative estimate of drug-likeness (QED) is 0.502. The molecule has 4 rings (SSSR count). The van der Waals surface area contributed by atoms with Gasteiger partial charge in [0.15, 0.2) is 0 Å². The highest BCUT2D eigenvalue weighted by molar-refractivity contribution is 7.17. The number of thiophene rings is 1. The monoisotopic (exact) mass is 451 g/mol. The number of amides is 2. The summed E-state index contributed by atoms with van der Waals surface area (Å²) < 4.78 is 0. The standard InChI is InChI=1S/C24H22ClN3O2S/c25-19-9-3-1-7-17(19)11-12-21(29)28-24-22(18-8-2-4-10-20(18)31-24)23(30)27-15-16-6-5-13-26-14-16/h1,3,5-7,9,11-14H,2,4,8,10,15H2,(H,27,30)(H,28,29). The Balaban J connectivity index is 1.53. The molecule has 2 aromatic heterocycles. The molecule has 2 amide bonds. The normalized spacial score (nSPS) is 13.1. The SMILES string of the molecule is O=C(C=Cc1ccccc1Cl)Nc1sc2c(c1C(=O)NCc1cccnc1)CCCC2. The highest BCUT2D eigenvalue weighted by atomic mass is 35.5. The number of rotatable bonds is 6. The van der Waals surface area contributed by atoms with E-state index in [4.69, 9.17) is 11.6 Å². The third kappa shape index (κ3) is 5.21. The first kappa shape index (κ1) is 21.3.